The summed E-state index contributed by atoms with van der Waals surface area (Å²) in [6.45, 7) is 4.15. The summed E-state index contributed by atoms with van der Waals surface area (Å²) in [5.41, 5.74) is 3.26. The number of carboxylic acids is 1. The first kappa shape index (κ1) is 16.0. The number of nitrogens with zero attached hydrogens (tertiary/aromatic N) is 1. The van der Waals surface area contributed by atoms with Gasteiger partial charge in [0.05, 0.1) is 16.8 Å². The van der Waals surface area contributed by atoms with Crippen LogP contribution in [0.1, 0.15) is 41.4 Å². The van der Waals surface area contributed by atoms with Gasteiger partial charge in [0, 0.05) is 6.54 Å². The highest BCUT2D eigenvalue weighted by Gasteiger charge is 2.13. The van der Waals surface area contributed by atoms with E-state index >= 15 is 0 Å². The number of thiazole rings is 1. The van der Waals surface area contributed by atoms with Crippen molar-refractivity contribution in [3.63, 3.8) is 0 Å². The number of nitrogens with one attached hydrogen (secondary N) is 2. The summed E-state index contributed by atoms with van der Waals surface area (Å²) in [6.07, 6.45) is 0. The van der Waals surface area contributed by atoms with E-state index in [1.807, 2.05) is 13.8 Å². The Bertz CT molecular complexity index is 682. The van der Waals surface area contributed by atoms with Crippen LogP contribution in [0.5, 0.6) is 0 Å². The quantitative estimate of drug-likeness (QED) is 0.788. The van der Waals surface area contributed by atoms with Gasteiger partial charge >= 0.3 is 12.0 Å². The molecule has 1 heterocycles. The van der Waals surface area contributed by atoms with Gasteiger partial charge in [-0.05, 0) is 17.5 Å². The van der Waals surface area contributed by atoms with Gasteiger partial charge in [0.1, 0.15) is 5.00 Å². The SMILES string of the molecule is CC(C)c1ncsc1NC(=O)NCc1ccccc1C(=O)O. The second-order valence-corrected chi connectivity index (χ2v) is 5.85. The number of hydrogen-bond donors (Lipinski definition) is 3. The van der Waals surface area contributed by atoms with Crippen LogP contribution in [0.15, 0.2) is 29.8 Å². The molecule has 1 aromatic carbocycles. The maximum absolute atomic E-state index is 11.9. The Morgan fingerprint density at radius 2 is 2.05 bits per heavy atom. The van der Waals surface area contributed by atoms with Gasteiger partial charge in [0.15, 0.2) is 0 Å². The molecule has 0 fully saturated rings. The lowest BCUT2D eigenvalue weighted by atomic mass is 10.1. The number of benzene rings is 1. The second-order valence-electron chi connectivity index (χ2n) is 4.99. The fourth-order valence-corrected chi connectivity index (χ4v) is 2.80. The highest BCUT2D eigenvalue weighted by molar-refractivity contribution is 7.14. The van der Waals surface area contributed by atoms with Crippen molar-refractivity contribution in [3.8, 4) is 0 Å². The van der Waals surface area contributed by atoms with Crippen LogP contribution in [-0.2, 0) is 6.54 Å². The van der Waals surface area contributed by atoms with Crippen molar-refractivity contribution in [1.29, 1.82) is 0 Å². The van der Waals surface area contributed by atoms with Gasteiger partial charge in [0.2, 0.25) is 0 Å². The highest BCUT2D eigenvalue weighted by atomic mass is 32.1. The Hall–Kier alpha value is -2.41. The van der Waals surface area contributed by atoms with Gasteiger partial charge in [-0.2, -0.15) is 0 Å². The zero-order valence-corrected chi connectivity index (χ0v) is 13.1. The summed E-state index contributed by atoms with van der Waals surface area (Å²) in [4.78, 5) is 27.3. The van der Waals surface area contributed by atoms with E-state index in [2.05, 4.69) is 15.6 Å². The van der Waals surface area contributed by atoms with Crippen molar-refractivity contribution in [3.05, 3.63) is 46.6 Å². The molecular weight excluding hydrogens is 302 g/mol. The van der Waals surface area contributed by atoms with Gasteiger partial charge in [-0.25, -0.2) is 14.6 Å². The number of anilines is 1. The van der Waals surface area contributed by atoms with Gasteiger partial charge in [-0.15, -0.1) is 11.3 Å². The maximum Gasteiger partial charge on any atom is 0.336 e. The van der Waals surface area contributed by atoms with E-state index in [1.165, 1.54) is 17.4 Å². The number of amides is 2. The molecule has 0 unspecified atom stereocenters. The first-order valence-corrected chi connectivity index (χ1v) is 7.66. The molecule has 0 bridgehead atoms. The van der Waals surface area contributed by atoms with E-state index in [0.29, 0.717) is 10.6 Å². The van der Waals surface area contributed by atoms with Crippen LogP contribution in [-0.4, -0.2) is 22.1 Å². The summed E-state index contributed by atoms with van der Waals surface area (Å²) in [7, 11) is 0. The van der Waals surface area contributed by atoms with Crippen LogP contribution >= 0.6 is 11.3 Å². The lowest BCUT2D eigenvalue weighted by Gasteiger charge is -2.10. The van der Waals surface area contributed by atoms with Crippen molar-refractivity contribution < 1.29 is 14.7 Å². The minimum absolute atomic E-state index is 0.143. The van der Waals surface area contributed by atoms with Gasteiger partial charge in [-0.1, -0.05) is 32.0 Å². The van der Waals surface area contributed by atoms with Gasteiger partial charge in [0.25, 0.3) is 0 Å². The summed E-state index contributed by atoms with van der Waals surface area (Å²) in [6, 6.07) is 6.19. The van der Waals surface area contributed by atoms with Gasteiger partial charge in [-0.3, -0.25) is 5.32 Å². The summed E-state index contributed by atoms with van der Waals surface area (Å²) in [5, 5.41) is 15.2. The predicted octanol–water partition coefficient (Wildman–Crippen LogP) is 3.29. The molecule has 3 N–H and O–H groups in total. The minimum atomic E-state index is -1.01. The summed E-state index contributed by atoms with van der Waals surface area (Å²) < 4.78 is 0. The van der Waals surface area contributed by atoms with Crippen LogP contribution in [0, 0.1) is 0 Å². The average Bonchev–Trinajstić information content (AvgIpc) is 2.93. The predicted molar refractivity (Wildman–Crippen MR) is 85.5 cm³/mol. The largest absolute Gasteiger partial charge is 0.478 e. The minimum Gasteiger partial charge on any atom is -0.478 e. The summed E-state index contributed by atoms with van der Waals surface area (Å²) in [5.74, 6) is -0.795. The molecule has 7 heteroatoms. The van der Waals surface area contributed by atoms with Crippen molar-refractivity contribution >= 4 is 28.3 Å². The highest BCUT2D eigenvalue weighted by Crippen LogP contribution is 2.26. The third-order valence-corrected chi connectivity index (χ3v) is 3.81. The smallest absolute Gasteiger partial charge is 0.336 e. The molecule has 0 aliphatic heterocycles. The van der Waals surface area contributed by atoms with E-state index in [4.69, 9.17) is 5.11 Å². The molecule has 0 spiro atoms. The Labute approximate surface area is 132 Å². The first-order chi connectivity index (χ1) is 10.5. The molecule has 0 aliphatic rings. The molecule has 0 saturated heterocycles. The van der Waals surface area contributed by atoms with E-state index < -0.39 is 5.97 Å². The number of carbonyl (C=O) groups is 2. The molecular formula is C15H17N3O3S. The number of hydrogen-bond acceptors (Lipinski definition) is 4. The van der Waals surface area contributed by atoms with Crippen molar-refractivity contribution in [2.24, 2.45) is 0 Å². The van der Waals surface area contributed by atoms with E-state index in [-0.39, 0.29) is 24.1 Å². The molecule has 116 valence electrons. The number of carboxylic acid groups (broad SMARTS) is 1. The monoisotopic (exact) mass is 319 g/mol. The fraction of sp³-hybridized carbons (Fsp3) is 0.267. The normalized spacial score (nSPS) is 10.5. The molecule has 0 radical (unpaired) electrons. The van der Waals surface area contributed by atoms with Crippen LogP contribution in [0.2, 0.25) is 0 Å². The second kappa shape index (κ2) is 7.04. The molecule has 2 aromatic rings. The molecule has 0 atom stereocenters. The van der Waals surface area contributed by atoms with Crippen LogP contribution in [0.4, 0.5) is 9.80 Å². The fourth-order valence-electron chi connectivity index (χ4n) is 1.97. The molecule has 1 aromatic heterocycles. The first-order valence-electron chi connectivity index (χ1n) is 6.78. The Balaban J connectivity index is 1.99. The van der Waals surface area contributed by atoms with E-state index in [9.17, 15) is 9.59 Å². The van der Waals surface area contributed by atoms with Crippen molar-refractivity contribution in [2.45, 2.75) is 26.3 Å². The Kier molecular flexibility index (Phi) is 5.11. The number of aromatic nitrogens is 1. The third kappa shape index (κ3) is 3.82. The zero-order valence-electron chi connectivity index (χ0n) is 12.3. The van der Waals surface area contributed by atoms with Crippen molar-refractivity contribution in [1.82, 2.24) is 10.3 Å². The van der Waals surface area contributed by atoms with Crippen LogP contribution in [0.3, 0.4) is 0 Å². The van der Waals surface area contributed by atoms with Gasteiger partial charge < -0.3 is 10.4 Å². The number of aromatic carboxylic acids is 1. The molecule has 0 saturated carbocycles. The molecule has 6 nitrogen and oxygen atoms in total. The van der Waals surface area contributed by atoms with Crippen LogP contribution < -0.4 is 10.6 Å². The zero-order chi connectivity index (χ0) is 16.1. The topological polar surface area (TPSA) is 91.3 Å². The van der Waals surface area contributed by atoms with E-state index in [0.717, 1.165) is 5.69 Å². The average molecular weight is 319 g/mol. The van der Waals surface area contributed by atoms with E-state index in [1.54, 1.807) is 23.7 Å². The number of urea groups is 1. The molecule has 2 amide bonds. The summed E-state index contributed by atoms with van der Waals surface area (Å²) >= 11 is 1.36. The molecule has 2 rings (SSSR count). The number of rotatable bonds is 5. The van der Waals surface area contributed by atoms with Crippen LogP contribution in [0.25, 0.3) is 0 Å². The lowest BCUT2D eigenvalue weighted by molar-refractivity contribution is 0.0695. The maximum atomic E-state index is 11.9. The standard InChI is InChI=1S/C15H17N3O3S/c1-9(2)12-13(22-8-17-12)18-15(21)16-7-10-5-3-4-6-11(10)14(19)20/h3-6,8-9H,7H2,1-2H3,(H,19,20)(H2,16,18,21). The Morgan fingerprint density at radius 1 is 1.32 bits per heavy atom. The molecule has 0 aliphatic carbocycles. The Morgan fingerprint density at radius 3 is 2.73 bits per heavy atom. The van der Waals surface area contributed by atoms with Crippen molar-refractivity contribution in [2.75, 3.05) is 5.32 Å². The third-order valence-electron chi connectivity index (χ3n) is 3.06. The molecule has 22 heavy (non-hydrogen) atoms. The lowest BCUT2D eigenvalue weighted by Crippen LogP contribution is -2.29. The number of carbonyl (C=O) groups excluding carboxylic acids is 1.